The van der Waals surface area contributed by atoms with Crippen LogP contribution in [0.4, 0.5) is 10.2 Å². The third kappa shape index (κ3) is 4.56. The Balaban J connectivity index is 0.00000185. The second-order valence-electron chi connectivity index (χ2n) is 12.9. The molecule has 5 aliphatic rings. The van der Waals surface area contributed by atoms with Gasteiger partial charge in [0.15, 0.2) is 11.6 Å². The summed E-state index contributed by atoms with van der Waals surface area (Å²) in [6.45, 7) is 9.48. The van der Waals surface area contributed by atoms with Gasteiger partial charge in [0, 0.05) is 49.6 Å². The monoisotopic (exact) mass is 593 g/mol. The number of carbonyl (C=O) groups is 2. The number of rotatable bonds is 4. The second kappa shape index (κ2) is 11.1. The molecule has 0 bridgehead atoms. The molecule has 6 rings (SSSR count). The molecular formula is C31H42Cl2FN3O3. The van der Waals surface area contributed by atoms with Crippen LogP contribution in [0.25, 0.3) is 0 Å². The quantitative estimate of drug-likeness (QED) is 0.496. The summed E-state index contributed by atoms with van der Waals surface area (Å²) in [5.41, 5.74) is -0.624. The highest BCUT2D eigenvalue weighted by molar-refractivity contribution is 5.92. The van der Waals surface area contributed by atoms with Crippen LogP contribution >= 0.6 is 24.8 Å². The highest BCUT2D eigenvalue weighted by Gasteiger charge is 2.67. The number of pyridine rings is 1. The van der Waals surface area contributed by atoms with Gasteiger partial charge in [0.1, 0.15) is 17.6 Å². The smallest absolute Gasteiger partial charge is 0.179 e. The van der Waals surface area contributed by atoms with Crippen LogP contribution in [0.2, 0.25) is 0 Å². The Morgan fingerprint density at radius 1 is 1.12 bits per heavy atom. The van der Waals surface area contributed by atoms with Crippen molar-refractivity contribution in [1.29, 1.82) is 0 Å². The number of ketones is 2. The first-order chi connectivity index (χ1) is 18.1. The average molecular weight is 595 g/mol. The second-order valence-corrected chi connectivity index (χ2v) is 12.9. The molecule has 1 aliphatic heterocycles. The van der Waals surface area contributed by atoms with Crippen LogP contribution < -0.4 is 4.90 Å². The van der Waals surface area contributed by atoms with E-state index in [0.29, 0.717) is 31.3 Å². The normalized spacial score (nSPS) is 39.0. The predicted molar refractivity (Wildman–Crippen MR) is 159 cm³/mol. The van der Waals surface area contributed by atoms with Gasteiger partial charge in [-0.3, -0.25) is 14.5 Å². The van der Waals surface area contributed by atoms with Crippen molar-refractivity contribution in [3.8, 4) is 0 Å². The minimum atomic E-state index is -1.44. The summed E-state index contributed by atoms with van der Waals surface area (Å²) < 4.78 is 15.6. The van der Waals surface area contributed by atoms with Gasteiger partial charge in [-0.1, -0.05) is 38.5 Å². The zero-order valence-corrected chi connectivity index (χ0v) is 25.3. The Morgan fingerprint density at radius 3 is 2.52 bits per heavy atom. The standard InChI is InChI=1S/C31H40FN3O3.2ClH/c1-20-16-24-22-18-26(32)25-17-21(36)7-9-29(25,2)23(22)8-10-30(24,3)31(20,38)27(37)19-34-12-14-35(15-13-34)28-6-4-5-11-33-28;;/h4-6,8,11,17,20,22,24,26,38H,7,9-10,12-16,18-19H2,1-3H3;2*1H/t20-,22+,24-,26-,29+,30-,31-;;/m0../s1. The molecule has 1 aromatic heterocycles. The third-order valence-corrected chi connectivity index (χ3v) is 11.0. The minimum Gasteiger partial charge on any atom is -0.381 e. The maximum atomic E-state index is 15.6. The summed E-state index contributed by atoms with van der Waals surface area (Å²) in [5, 5.41) is 12.3. The van der Waals surface area contributed by atoms with Gasteiger partial charge in [0.25, 0.3) is 0 Å². The van der Waals surface area contributed by atoms with Gasteiger partial charge < -0.3 is 10.0 Å². The fraction of sp³-hybridized carbons (Fsp3) is 0.645. The topological polar surface area (TPSA) is 73.7 Å². The van der Waals surface area contributed by atoms with E-state index < -0.39 is 22.6 Å². The lowest BCUT2D eigenvalue weighted by atomic mass is 9.50. The van der Waals surface area contributed by atoms with Gasteiger partial charge >= 0.3 is 0 Å². The Morgan fingerprint density at radius 2 is 1.85 bits per heavy atom. The van der Waals surface area contributed by atoms with Crippen molar-refractivity contribution in [3.05, 3.63) is 47.7 Å². The van der Waals surface area contributed by atoms with Crippen molar-refractivity contribution < 1.29 is 19.1 Å². The predicted octanol–water partition coefficient (Wildman–Crippen LogP) is 4.99. The van der Waals surface area contributed by atoms with Crippen LogP contribution in [0.5, 0.6) is 0 Å². The van der Waals surface area contributed by atoms with Gasteiger partial charge in [0.2, 0.25) is 0 Å². The molecule has 1 N–H and O–H groups in total. The minimum absolute atomic E-state index is 0. The largest absolute Gasteiger partial charge is 0.381 e. The van der Waals surface area contributed by atoms with E-state index in [2.05, 4.69) is 34.7 Å². The van der Waals surface area contributed by atoms with E-state index in [0.717, 1.165) is 38.4 Å². The summed E-state index contributed by atoms with van der Waals surface area (Å²) in [5.74, 6) is 0.723. The molecule has 0 aromatic carbocycles. The van der Waals surface area contributed by atoms with Crippen LogP contribution in [-0.4, -0.2) is 71.1 Å². The number of anilines is 1. The summed E-state index contributed by atoms with van der Waals surface area (Å²) in [6.07, 6.45) is 7.18. The van der Waals surface area contributed by atoms with Crippen molar-refractivity contribution in [1.82, 2.24) is 9.88 Å². The van der Waals surface area contributed by atoms with E-state index in [4.69, 9.17) is 0 Å². The first-order valence-electron chi connectivity index (χ1n) is 14.3. The fourth-order valence-corrected chi connectivity index (χ4v) is 8.80. The lowest BCUT2D eigenvalue weighted by Crippen LogP contribution is -2.60. The molecule has 2 heterocycles. The molecule has 6 nitrogen and oxygen atoms in total. The molecule has 4 aliphatic carbocycles. The molecule has 2 saturated carbocycles. The lowest BCUT2D eigenvalue weighted by molar-refractivity contribution is -0.160. The van der Waals surface area contributed by atoms with Crippen LogP contribution in [0.3, 0.4) is 0 Å². The van der Waals surface area contributed by atoms with Gasteiger partial charge in [-0.25, -0.2) is 9.37 Å². The highest BCUT2D eigenvalue weighted by atomic mass is 35.5. The summed E-state index contributed by atoms with van der Waals surface area (Å²) >= 11 is 0. The Labute approximate surface area is 249 Å². The molecular weight excluding hydrogens is 552 g/mol. The SMILES string of the molecule is C[C@H]1C[C@H]2[C@@H]3C[C@H](F)C4=CC(=O)CC[C@]4(C)C3=CC[C@]2(C)[C@@]1(O)C(=O)CN1CCN(c2ccccn2)CC1.Cl.Cl. The molecule has 0 spiro atoms. The molecule has 1 saturated heterocycles. The summed E-state index contributed by atoms with van der Waals surface area (Å²) in [4.78, 5) is 34.9. The van der Waals surface area contributed by atoms with Crippen LogP contribution in [0.15, 0.2) is 47.7 Å². The Kier molecular flexibility index (Phi) is 8.66. The van der Waals surface area contributed by atoms with Crippen LogP contribution in [0.1, 0.15) is 52.9 Å². The summed E-state index contributed by atoms with van der Waals surface area (Å²) in [6, 6.07) is 5.90. The summed E-state index contributed by atoms with van der Waals surface area (Å²) in [7, 11) is 0. The van der Waals surface area contributed by atoms with E-state index in [1.165, 1.54) is 5.57 Å². The molecule has 3 fully saturated rings. The number of alkyl halides is 1. The fourth-order valence-electron chi connectivity index (χ4n) is 8.80. The number of carbonyl (C=O) groups excluding carboxylic acids is 2. The molecule has 0 radical (unpaired) electrons. The lowest BCUT2D eigenvalue weighted by Gasteiger charge is -2.55. The number of halogens is 3. The van der Waals surface area contributed by atoms with E-state index in [1.54, 1.807) is 12.3 Å². The van der Waals surface area contributed by atoms with Gasteiger partial charge in [-0.2, -0.15) is 0 Å². The first kappa shape index (κ1) is 31.1. The van der Waals surface area contributed by atoms with Crippen molar-refractivity contribution >= 4 is 42.2 Å². The zero-order chi connectivity index (χ0) is 26.9. The Hall–Kier alpha value is -1.80. The van der Waals surface area contributed by atoms with Gasteiger partial charge in [0.05, 0.1) is 6.54 Å². The van der Waals surface area contributed by atoms with E-state index in [9.17, 15) is 14.7 Å². The maximum absolute atomic E-state index is 15.6. The van der Waals surface area contributed by atoms with Crippen LogP contribution in [-0.2, 0) is 9.59 Å². The average Bonchev–Trinajstić information content (AvgIpc) is 3.12. The van der Waals surface area contributed by atoms with Crippen LogP contribution in [0, 0.1) is 28.6 Å². The van der Waals surface area contributed by atoms with Crippen molar-refractivity contribution in [2.24, 2.45) is 28.6 Å². The molecule has 7 atom stereocenters. The molecule has 9 heteroatoms. The number of piperazine rings is 1. The first-order valence-corrected chi connectivity index (χ1v) is 14.3. The number of aromatic nitrogens is 1. The molecule has 1 aromatic rings. The van der Waals surface area contributed by atoms with E-state index >= 15 is 4.39 Å². The number of aliphatic hydroxyl groups is 1. The van der Waals surface area contributed by atoms with E-state index in [-0.39, 0.29) is 60.7 Å². The molecule has 0 amide bonds. The van der Waals surface area contributed by atoms with Gasteiger partial charge in [-0.05, 0) is 67.2 Å². The third-order valence-electron chi connectivity index (χ3n) is 11.0. The zero-order valence-electron chi connectivity index (χ0n) is 23.6. The number of hydrogen-bond acceptors (Lipinski definition) is 6. The van der Waals surface area contributed by atoms with Crippen molar-refractivity contribution in [2.45, 2.75) is 64.6 Å². The molecule has 220 valence electrons. The molecule has 0 unspecified atom stereocenters. The number of nitrogens with zero attached hydrogens (tertiary/aromatic N) is 3. The van der Waals surface area contributed by atoms with Gasteiger partial charge in [-0.15, -0.1) is 24.8 Å². The number of hydrogen-bond donors (Lipinski definition) is 1. The number of Topliss-reactive ketones (excluding diaryl/α,β-unsaturated/α-hetero) is 1. The molecule has 40 heavy (non-hydrogen) atoms. The maximum Gasteiger partial charge on any atom is 0.179 e. The number of fused-ring (bicyclic) bond motifs is 5. The van der Waals surface area contributed by atoms with E-state index in [1.807, 2.05) is 25.1 Å². The number of allylic oxidation sites excluding steroid dienone is 4. The Bertz CT molecular complexity index is 1200. The van der Waals surface area contributed by atoms with Crippen molar-refractivity contribution in [2.75, 3.05) is 37.6 Å². The highest BCUT2D eigenvalue weighted by Crippen LogP contribution is 2.67. The van der Waals surface area contributed by atoms with Crippen molar-refractivity contribution in [3.63, 3.8) is 0 Å².